The summed E-state index contributed by atoms with van der Waals surface area (Å²) in [6.07, 6.45) is 4.20. The number of anilines is 2. The van der Waals surface area contributed by atoms with E-state index in [2.05, 4.69) is 30.1 Å². The topological polar surface area (TPSA) is 123 Å². The third kappa shape index (κ3) is 3.98. The van der Waals surface area contributed by atoms with Gasteiger partial charge in [0.15, 0.2) is 17.6 Å². The predicted octanol–water partition coefficient (Wildman–Crippen LogP) is 2.97. The maximum Gasteiger partial charge on any atom is 0.269 e. The van der Waals surface area contributed by atoms with Crippen molar-refractivity contribution in [1.82, 2.24) is 29.4 Å². The lowest BCUT2D eigenvalue weighted by Gasteiger charge is -2.35. The van der Waals surface area contributed by atoms with Crippen LogP contribution in [0.4, 0.5) is 17.3 Å². The number of aryl methyl sites for hydroxylation is 2. The minimum atomic E-state index is -0.452. The van der Waals surface area contributed by atoms with E-state index in [0.717, 1.165) is 5.56 Å². The first-order valence-electron chi connectivity index (χ1n) is 10.5. The standard InChI is InChI=1S/C23H20N8O3/c1-13-6-19(24-2)26-9-17(13)34-20-7-16(21-22(29-20)30(3)12-27-21)28-18-5-4-14(8-25-18)23(33)31-10-15(32)11-31/h4-9,12,15,32H,10-11H2,1,3H3,(H,25,28,29). The first-order chi connectivity index (χ1) is 16.4. The second-order valence-electron chi connectivity index (χ2n) is 7.98. The van der Waals surface area contributed by atoms with E-state index in [9.17, 15) is 9.90 Å². The minimum Gasteiger partial charge on any atom is -0.435 e. The number of hydrogen-bond donors (Lipinski definition) is 2. The van der Waals surface area contributed by atoms with Crippen molar-refractivity contribution in [2.45, 2.75) is 13.0 Å². The van der Waals surface area contributed by atoms with Gasteiger partial charge in [-0.15, -0.1) is 4.98 Å². The number of aliphatic hydroxyl groups excluding tert-OH is 1. The molecule has 0 aromatic carbocycles. The summed E-state index contributed by atoms with van der Waals surface area (Å²) < 4.78 is 7.75. The summed E-state index contributed by atoms with van der Waals surface area (Å²) in [6, 6.07) is 6.75. The van der Waals surface area contributed by atoms with E-state index in [4.69, 9.17) is 11.3 Å². The second-order valence-corrected chi connectivity index (χ2v) is 7.98. The van der Waals surface area contributed by atoms with E-state index in [0.29, 0.717) is 58.8 Å². The molecule has 1 saturated heterocycles. The molecular weight excluding hydrogens is 436 g/mol. The lowest BCUT2D eigenvalue weighted by Crippen LogP contribution is -2.53. The van der Waals surface area contributed by atoms with E-state index in [1.54, 1.807) is 40.1 Å². The van der Waals surface area contributed by atoms with Gasteiger partial charge in [0.05, 0.1) is 23.7 Å². The van der Waals surface area contributed by atoms with Crippen LogP contribution in [-0.4, -0.2) is 59.6 Å². The summed E-state index contributed by atoms with van der Waals surface area (Å²) >= 11 is 0. The number of amides is 1. The molecule has 0 radical (unpaired) electrons. The number of aliphatic hydroxyl groups is 1. The molecule has 5 heterocycles. The fourth-order valence-corrected chi connectivity index (χ4v) is 3.57. The quantitative estimate of drug-likeness (QED) is 0.440. The van der Waals surface area contributed by atoms with Crippen LogP contribution in [0.3, 0.4) is 0 Å². The van der Waals surface area contributed by atoms with E-state index in [1.807, 2.05) is 14.0 Å². The van der Waals surface area contributed by atoms with Crippen LogP contribution in [0.5, 0.6) is 11.6 Å². The normalized spacial score (nSPS) is 13.4. The Morgan fingerprint density at radius 1 is 1.24 bits per heavy atom. The summed E-state index contributed by atoms with van der Waals surface area (Å²) in [6.45, 7) is 9.61. The molecule has 1 aliphatic heterocycles. The summed E-state index contributed by atoms with van der Waals surface area (Å²) in [5.74, 6) is 1.46. The molecule has 0 spiro atoms. The van der Waals surface area contributed by atoms with Crippen LogP contribution in [0, 0.1) is 13.5 Å². The molecule has 34 heavy (non-hydrogen) atoms. The first-order valence-corrected chi connectivity index (χ1v) is 10.5. The van der Waals surface area contributed by atoms with Crippen LogP contribution < -0.4 is 10.1 Å². The highest BCUT2D eigenvalue weighted by atomic mass is 16.5. The van der Waals surface area contributed by atoms with E-state index in [-0.39, 0.29) is 5.91 Å². The molecule has 11 heteroatoms. The fraction of sp³-hybridized carbons (Fsp3) is 0.217. The largest absolute Gasteiger partial charge is 0.435 e. The lowest BCUT2D eigenvalue weighted by molar-refractivity contribution is 0.00587. The Morgan fingerprint density at radius 3 is 2.74 bits per heavy atom. The average Bonchev–Trinajstić information content (AvgIpc) is 3.19. The van der Waals surface area contributed by atoms with Crippen LogP contribution >= 0.6 is 0 Å². The minimum absolute atomic E-state index is 0.163. The van der Waals surface area contributed by atoms with E-state index in [1.165, 1.54) is 12.4 Å². The monoisotopic (exact) mass is 456 g/mol. The Hall–Kier alpha value is -4.56. The number of hydrogen-bond acceptors (Lipinski definition) is 8. The Kier molecular flexibility index (Phi) is 5.27. The third-order valence-corrected chi connectivity index (χ3v) is 5.45. The van der Waals surface area contributed by atoms with Crippen molar-refractivity contribution in [1.29, 1.82) is 0 Å². The molecular formula is C23H20N8O3. The molecule has 4 aromatic heterocycles. The zero-order valence-corrected chi connectivity index (χ0v) is 18.4. The summed E-state index contributed by atoms with van der Waals surface area (Å²) in [5, 5.41) is 12.6. The van der Waals surface area contributed by atoms with Gasteiger partial charge in [0.1, 0.15) is 11.3 Å². The van der Waals surface area contributed by atoms with Crippen LogP contribution in [0.2, 0.25) is 0 Å². The molecule has 4 aromatic rings. The number of rotatable bonds is 5. The van der Waals surface area contributed by atoms with Gasteiger partial charge in [-0.3, -0.25) is 4.79 Å². The molecule has 0 atom stereocenters. The molecule has 0 saturated carbocycles. The van der Waals surface area contributed by atoms with Crippen molar-refractivity contribution in [3.8, 4) is 11.6 Å². The SMILES string of the molecule is [C-]#[N+]c1cc(C)c(Oc2cc(Nc3ccc(C(=O)N4CC(O)C4)cn3)c3ncn(C)c3n2)cn1. The Balaban J connectivity index is 1.42. The van der Waals surface area contributed by atoms with Crippen molar-refractivity contribution in [2.24, 2.45) is 7.05 Å². The molecule has 0 unspecified atom stereocenters. The summed E-state index contributed by atoms with van der Waals surface area (Å²) in [5.41, 5.74) is 3.07. The van der Waals surface area contributed by atoms with Crippen molar-refractivity contribution in [2.75, 3.05) is 18.4 Å². The zero-order chi connectivity index (χ0) is 23.8. The van der Waals surface area contributed by atoms with Gasteiger partial charge in [-0.25, -0.2) is 9.97 Å². The second kappa shape index (κ2) is 8.42. The van der Waals surface area contributed by atoms with Gasteiger partial charge in [-0.05, 0) is 30.7 Å². The van der Waals surface area contributed by atoms with Gasteiger partial charge in [-0.1, -0.05) is 6.57 Å². The van der Waals surface area contributed by atoms with Gasteiger partial charge in [-0.2, -0.15) is 4.98 Å². The van der Waals surface area contributed by atoms with Gasteiger partial charge in [0.25, 0.3) is 11.7 Å². The Morgan fingerprint density at radius 2 is 2.06 bits per heavy atom. The van der Waals surface area contributed by atoms with Crippen LogP contribution in [0.15, 0.2) is 43.0 Å². The molecule has 170 valence electrons. The number of fused-ring (bicyclic) bond motifs is 1. The number of ether oxygens (including phenoxy) is 1. The van der Waals surface area contributed by atoms with E-state index >= 15 is 0 Å². The first kappa shape index (κ1) is 21.3. The molecule has 0 bridgehead atoms. The van der Waals surface area contributed by atoms with Gasteiger partial charge in [0.2, 0.25) is 5.88 Å². The summed E-state index contributed by atoms with van der Waals surface area (Å²) in [4.78, 5) is 34.7. The van der Waals surface area contributed by atoms with Crippen molar-refractivity contribution >= 4 is 34.4 Å². The van der Waals surface area contributed by atoms with Gasteiger partial charge >= 0.3 is 0 Å². The molecule has 11 nitrogen and oxygen atoms in total. The Bertz CT molecular complexity index is 1440. The number of carbonyl (C=O) groups excluding carboxylic acids is 1. The zero-order valence-electron chi connectivity index (χ0n) is 18.4. The molecule has 1 amide bonds. The molecule has 1 fully saturated rings. The molecule has 1 aliphatic rings. The predicted molar refractivity (Wildman–Crippen MR) is 123 cm³/mol. The summed E-state index contributed by atoms with van der Waals surface area (Å²) in [7, 11) is 1.83. The van der Waals surface area contributed by atoms with Crippen molar-refractivity contribution in [3.63, 3.8) is 0 Å². The van der Waals surface area contributed by atoms with Crippen LogP contribution in [0.1, 0.15) is 15.9 Å². The number of nitrogens with zero attached hydrogens (tertiary/aromatic N) is 7. The number of nitrogens with one attached hydrogen (secondary N) is 1. The lowest BCUT2D eigenvalue weighted by atomic mass is 10.1. The highest BCUT2D eigenvalue weighted by Gasteiger charge is 2.29. The number of carbonyl (C=O) groups is 1. The highest BCUT2D eigenvalue weighted by Crippen LogP contribution is 2.31. The Labute approximate surface area is 194 Å². The third-order valence-electron chi connectivity index (χ3n) is 5.45. The van der Waals surface area contributed by atoms with Crippen molar-refractivity contribution < 1.29 is 14.6 Å². The maximum absolute atomic E-state index is 12.4. The number of β-amino-alcohol motifs (C(OH)–C–C–N with tert-alkyl or cyclic N) is 1. The maximum atomic E-state index is 12.4. The van der Waals surface area contributed by atoms with E-state index < -0.39 is 6.10 Å². The van der Waals surface area contributed by atoms with Crippen LogP contribution in [0.25, 0.3) is 16.0 Å². The van der Waals surface area contributed by atoms with Crippen LogP contribution in [-0.2, 0) is 7.05 Å². The average molecular weight is 456 g/mol. The fourth-order valence-electron chi connectivity index (χ4n) is 3.57. The van der Waals surface area contributed by atoms with Gasteiger partial charge in [0, 0.05) is 32.4 Å². The van der Waals surface area contributed by atoms with Gasteiger partial charge < -0.3 is 29.5 Å². The number of aromatic nitrogens is 5. The smallest absolute Gasteiger partial charge is 0.269 e. The molecule has 5 rings (SSSR count). The molecule has 2 N–H and O–H groups in total. The van der Waals surface area contributed by atoms with Crippen molar-refractivity contribution in [3.05, 3.63) is 65.5 Å². The molecule has 0 aliphatic carbocycles. The number of pyridine rings is 3. The number of likely N-dealkylation sites (tertiary alicyclic amines) is 1. The highest BCUT2D eigenvalue weighted by molar-refractivity contribution is 5.95. The number of imidazole rings is 1.